The lowest BCUT2D eigenvalue weighted by Crippen LogP contribution is -2.47. The van der Waals surface area contributed by atoms with E-state index in [2.05, 4.69) is 4.99 Å². The molecule has 0 radical (unpaired) electrons. The minimum Gasteiger partial charge on any atom is -0.487 e. The van der Waals surface area contributed by atoms with Crippen LogP contribution in [0.25, 0.3) is 11.1 Å². The zero-order valence-corrected chi connectivity index (χ0v) is 17.3. The summed E-state index contributed by atoms with van der Waals surface area (Å²) < 4.78 is 6.13. The number of fused-ring (bicyclic) bond motifs is 1. The highest BCUT2D eigenvalue weighted by Crippen LogP contribution is 2.48. The number of halogens is 2. The Bertz CT molecular complexity index is 929. The maximum absolute atomic E-state index is 12.8. The van der Waals surface area contributed by atoms with E-state index in [0.29, 0.717) is 33.6 Å². The second kappa shape index (κ2) is 6.84. The molecule has 0 amide bonds. The van der Waals surface area contributed by atoms with Crippen molar-refractivity contribution in [2.75, 3.05) is 0 Å². The highest BCUT2D eigenvalue weighted by atomic mass is 35.5. The summed E-state index contributed by atoms with van der Waals surface area (Å²) in [7, 11) is 0. The Labute approximate surface area is 169 Å². The number of nitrogens with zero attached hydrogens (tertiary/aromatic N) is 1. The van der Waals surface area contributed by atoms with Crippen molar-refractivity contribution >= 4 is 34.8 Å². The van der Waals surface area contributed by atoms with Gasteiger partial charge in [0.25, 0.3) is 0 Å². The van der Waals surface area contributed by atoms with Gasteiger partial charge in [-0.1, -0.05) is 29.3 Å². The number of rotatable bonds is 3. The second-order valence-electron chi connectivity index (χ2n) is 7.58. The van der Waals surface area contributed by atoms with Crippen molar-refractivity contribution < 1.29 is 9.53 Å². The SMILES string of the molecule is CC(=O)C1(N=C(C)N)CC(C)(C)Oc2ccc(-c3cc(Cl)cc(Cl)c3)cc21. The van der Waals surface area contributed by atoms with E-state index < -0.39 is 11.1 Å². The van der Waals surface area contributed by atoms with Crippen LogP contribution in [-0.4, -0.2) is 17.2 Å². The van der Waals surface area contributed by atoms with Gasteiger partial charge in [0, 0.05) is 22.0 Å². The second-order valence-corrected chi connectivity index (χ2v) is 8.45. The van der Waals surface area contributed by atoms with Gasteiger partial charge in [0.2, 0.25) is 0 Å². The van der Waals surface area contributed by atoms with Gasteiger partial charge in [-0.25, -0.2) is 0 Å². The van der Waals surface area contributed by atoms with E-state index in [1.165, 1.54) is 0 Å². The molecule has 142 valence electrons. The fourth-order valence-electron chi connectivity index (χ4n) is 3.68. The van der Waals surface area contributed by atoms with Crippen LogP contribution in [0.2, 0.25) is 10.0 Å². The molecule has 0 fully saturated rings. The standard InChI is InChI=1S/C21H22Cl2N2O2/c1-12(26)21(25-13(2)24)11-20(3,4)27-19-6-5-14(9-18(19)21)15-7-16(22)10-17(23)8-15/h5-10H,11H2,1-4H3,(H2,24,25). The number of carbonyl (C=O) groups excluding carboxylic acids is 1. The number of ketones is 1. The van der Waals surface area contributed by atoms with Gasteiger partial charge < -0.3 is 10.5 Å². The molecule has 4 nitrogen and oxygen atoms in total. The lowest BCUT2D eigenvalue weighted by Gasteiger charge is -2.42. The number of hydrogen-bond donors (Lipinski definition) is 1. The van der Waals surface area contributed by atoms with Crippen LogP contribution in [0, 0.1) is 0 Å². The van der Waals surface area contributed by atoms with E-state index in [0.717, 1.165) is 11.1 Å². The van der Waals surface area contributed by atoms with Crippen LogP contribution in [0.15, 0.2) is 41.4 Å². The van der Waals surface area contributed by atoms with Crippen LogP contribution in [0.5, 0.6) is 5.75 Å². The summed E-state index contributed by atoms with van der Waals surface area (Å²) in [6, 6.07) is 11.0. The molecule has 0 aromatic heterocycles. The average Bonchev–Trinajstić information content (AvgIpc) is 2.51. The smallest absolute Gasteiger partial charge is 0.162 e. The van der Waals surface area contributed by atoms with E-state index >= 15 is 0 Å². The number of amidine groups is 1. The molecule has 2 N–H and O–H groups in total. The molecule has 1 aliphatic rings. The number of Topliss-reactive ketones (excluding diaryl/α,β-unsaturated/α-hetero) is 1. The molecule has 0 aliphatic carbocycles. The van der Waals surface area contributed by atoms with E-state index in [1.807, 2.05) is 44.2 Å². The Kier molecular flexibility index (Phi) is 5.00. The topological polar surface area (TPSA) is 64.7 Å². The Morgan fingerprint density at radius 2 is 1.70 bits per heavy atom. The fourth-order valence-corrected chi connectivity index (χ4v) is 4.21. The van der Waals surface area contributed by atoms with Crippen molar-refractivity contribution in [1.29, 1.82) is 0 Å². The van der Waals surface area contributed by atoms with E-state index in [9.17, 15) is 4.79 Å². The van der Waals surface area contributed by atoms with Crippen LogP contribution in [0.1, 0.15) is 39.7 Å². The summed E-state index contributed by atoms with van der Waals surface area (Å²) in [5, 5.41) is 1.09. The zero-order valence-electron chi connectivity index (χ0n) is 15.8. The summed E-state index contributed by atoms with van der Waals surface area (Å²) in [5.74, 6) is 0.902. The number of hydrogen-bond acceptors (Lipinski definition) is 3. The molecule has 0 bridgehead atoms. The summed E-state index contributed by atoms with van der Waals surface area (Å²) in [4.78, 5) is 17.4. The van der Waals surface area contributed by atoms with Gasteiger partial charge in [-0.3, -0.25) is 9.79 Å². The number of ether oxygens (including phenoxy) is 1. The van der Waals surface area contributed by atoms with Gasteiger partial charge in [-0.15, -0.1) is 0 Å². The fraction of sp³-hybridized carbons (Fsp3) is 0.333. The minimum atomic E-state index is -1.09. The van der Waals surface area contributed by atoms with Gasteiger partial charge in [-0.2, -0.15) is 0 Å². The van der Waals surface area contributed by atoms with Crippen LogP contribution in [-0.2, 0) is 10.3 Å². The van der Waals surface area contributed by atoms with Crippen molar-refractivity contribution in [1.82, 2.24) is 0 Å². The first-order chi connectivity index (χ1) is 12.5. The minimum absolute atomic E-state index is 0.0776. The van der Waals surface area contributed by atoms with Gasteiger partial charge in [0.15, 0.2) is 11.3 Å². The van der Waals surface area contributed by atoms with Crippen molar-refractivity contribution in [3.63, 3.8) is 0 Å². The third kappa shape index (κ3) is 3.83. The normalized spacial score (nSPS) is 21.3. The number of carbonyl (C=O) groups is 1. The largest absolute Gasteiger partial charge is 0.487 e. The van der Waals surface area contributed by atoms with Crippen molar-refractivity contribution in [2.24, 2.45) is 10.7 Å². The first kappa shape index (κ1) is 19.7. The Balaban J connectivity index is 2.27. The van der Waals surface area contributed by atoms with Crippen molar-refractivity contribution in [2.45, 2.75) is 45.3 Å². The molecule has 1 atom stereocenters. The molecule has 3 rings (SSSR count). The molecule has 0 saturated heterocycles. The first-order valence-electron chi connectivity index (χ1n) is 8.65. The number of aliphatic imine (C=N–C) groups is 1. The van der Waals surface area contributed by atoms with Gasteiger partial charge >= 0.3 is 0 Å². The van der Waals surface area contributed by atoms with Gasteiger partial charge in [0.1, 0.15) is 11.4 Å². The highest BCUT2D eigenvalue weighted by molar-refractivity contribution is 6.35. The lowest BCUT2D eigenvalue weighted by molar-refractivity contribution is -0.125. The molecule has 0 saturated carbocycles. The van der Waals surface area contributed by atoms with E-state index in [4.69, 9.17) is 33.7 Å². The van der Waals surface area contributed by atoms with Crippen LogP contribution >= 0.6 is 23.2 Å². The molecular weight excluding hydrogens is 383 g/mol. The Morgan fingerprint density at radius 3 is 2.26 bits per heavy atom. The van der Waals surface area contributed by atoms with Gasteiger partial charge in [0.05, 0.1) is 5.84 Å². The zero-order chi connectivity index (χ0) is 20.0. The lowest BCUT2D eigenvalue weighted by atomic mass is 9.75. The highest BCUT2D eigenvalue weighted by Gasteiger charge is 2.49. The molecule has 1 aliphatic heterocycles. The maximum Gasteiger partial charge on any atom is 0.162 e. The van der Waals surface area contributed by atoms with Crippen molar-refractivity contribution in [3.8, 4) is 16.9 Å². The molecule has 2 aromatic rings. The third-order valence-corrected chi connectivity index (χ3v) is 5.07. The summed E-state index contributed by atoms with van der Waals surface area (Å²) in [6.45, 7) is 7.12. The predicted octanol–water partition coefficient (Wildman–Crippen LogP) is 5.38. The third-order valence-electron chi connectivity index (χ3n) is 4.64. The quantitative estimate of drug-likeness (QED) is 0.551. The summed E-state index contributed by atoms with van der Waals surface area (Å²) in [6.07, 6.45) is 0.399. The van der Waals surface area contributed by atoms with Crippen LogP contribution in [0.4, 0.5) is 0 Å². The first-order valence-corrected chi connectivity index (χ1v) is 9.41. The average molecular weight is 405 g/mol. The van der Waals surface area contributed by atoms with Crippen LogP contribution < -0.4 is 10.5 Å². The molecule has 0 spiro atoms. The number of nitrogens with two attached hydrogens (primary N) is 1. The van der Waals surface area contributed by atoms with Crippen LogP contribution in [0.3, 0.4) is 0 Å². The van der Waals surface area contributed by atoms with Crippen molar-refractivity contribution in [3.05, 3.63) is 52.0 Å². The molecule has 27 heavy (non-hydrogen) atoms. The molecule has 2 aromatic carbocycles. The van der Waals surface area contributed by atoms with E-state index in [-0.39, 0.29) is 5.78 Å². The molecule has 1 heterocycles. The molecular formula is C21H22Cl2N2O2. The maximum atomic E-state index is 12.8. The Hall–Kier alpha value is -2.04. The Morgan fingerprint density at radius 1 is 1.07 bits per heavy atom. The summed E-state index contributed by atoms with van der Waals surface area (Å²) in [5.41, 5.74) is 6.68. The van der Waals surface area contributed by atoms with E-state index in [1.54, 1.807) is 19.9 Å². The molecule has 6 heteroatoms. The summed E-state index contributed by atoms with van der Waals surface area (Å²) >= 11 is 12.3. The monoisotopic (exact) mass is 404 g/mol. The molecule has 1 unspecified atom stereocenters. The van der Waals surface area contributed by atoms with Gasteiger partial charge in [-0.05, 0) is 69.2 Å². The number of benzene rings is 2. The predicted molar refractivity (Wildman–Crippen MR) is 111 cm³/mol.